The Morgan fingerprint density at radius 1 is 1.07 bits per heavy atom. The second kappa shape index (κ2) is 11.0. The first kappa shape index (κ1) is 13.9. The molecule has 0 saturated carbocycles. The van der Waals surface area contributed by atoms with Crippen molar-refractivity contribution < 1.29 is 4.74 Å². The molecule has 1 unspecified atom stereocenters. The van der Waals surface area contributed by atoms with Crippen molar-refractivity contribution >= 4 is 0 Å². The molecule has 2 heteroatoms. The van der Waals surface area contributed by atoms with Crippen molar-refractivity contribution in [3.8, 4) is 0 Å². The van der Waals surface area contributed by atoms with Crippen molar-refractivity contribution in [2.45, 2.75) is 58.4 Å². The highest BCUT2D eigenvalue weighted by Gasteiger charge is 1.96. The highest BCUT2D eigenvalue weighted by Crippen LogP contribution is 2.01. The summed E-state index contributed by atoms with van der Waals surface area (Å²) >= 11 is 0. The summed E-state index contributed by atoms with van der Waals surface area (Å²) < 4.78 is 5.53. The minimum absolute atomic E-state index is 0.648. The average Bonchev–Trinajstić information content (AvgIpc) is 2.21. The van der Waals surface area contributed by atoms with Gasteiger partial charge in [-0.2, -0.15) is 0 Å². The van der Waals surface area contributed by atoms with Gasteiger partial charge >= 0.3 is 0 Å². The first-order chi connectivity index (χ1) is 6.81. The van der Waals surface area contributed by atoms with E-state index >= 15 is 0 Å². The Balaban J connectivity index is 2.92. The zero-order valence-electron chi connectivity index (χ0n) is 10.1. The van der Waals surface area contributed by atoms with Gasteiger partial charge < -0.3 is 10.1 Å². The minimum Gasteiger partial charge on any atom is -0.381 e. The highest BCUT2D eigenvalue weighted by atomic mass is 16.5. The monoisotopic (exact) mass is 201 g/mol. The van der Waals surface area contributed by atoms with Gasteiger partial charge in [-0.05, 0) is 39.7 Å². The van der Waals surface area contributed by atoms with Gasteiger partial charge in [-0.3, -0.25) is 0 Å². The van der Waals surface area contributed by atoms with Crippen LogP contribution < -0.4 is 5.32 Å². The van der Waals surface area contributed by atoms with Gasteiger partial charge in [-0.1, -0.05) is 19.8 Å². The van der Waals surface area contributed by atoms with Crippen LogP contribution in [0.4, 0.5) is 0 Å². The lowest BCUT2D eigenvalue weighted by Gasteiger charge is -2.09. The fourth-order valence-electron chi connectivity index (χ4n) is 1.36. The molecule has 0 bridgehead atoms. The molecule has 1 N–H and O–H groups in total. The van der Waals surface area contributed by atoms with Crippen molar-refractivity contribution in [3.05, 3.63) is 0 Å². The molecule has 2 nitrogen and oxygen atoms in total. The summed E-state index contributed by atoms with van der Waals surface area (Å²) in [5, 5.41) is 3.24. The molecule has 14 heavy (non-hydrogen) atoms. The lowest BCUT2D eigenvalue weighted by Crippen LogP contribution is -2.20. The quantitative estimate of drug-likeness (QED) is 0.549. The number of hydrogen-bond acceptors (Lipinski definition) is 2. The van der Waals surface area contributed by atoms with Gasteiger partial charge in [0, 0.05) is 19.3 Å². The van der Waals surface area contributed by atoms with Crippen LogP contribution in [0.3, 0.4) is 0 Å². The molecule has 0 fully saturated rings. The molecule has 0 radical (unpaired) electrons. The molecule has 0 saturated heterocycles. The molecule has 0 amide bonds. The maximum absolute atomic E-state index is 5.53. The largest absolute Gasteiger partial charge is 0.381 e. The van der Waals surface area contributed by atoms with Gasteiger partial charge in [0.15, 0.2) is 0 Å². The van der Waals surface area contributed by atoms with E-state index in [4.69, 9.17) is 4.74 Å². The predicted octanol–water partition coefficient (Wildman–Crippen LogP) is 2.97. The number of nitrogens with one attached hydrogen (secondary N) is 1. The minimum atomic E-state index is 0.648. The van der Waals surface area contributed by atoms with Crippen LogP contribution in [0.2, 0.25) is 0 Å². The van der Waals surface area contributed by atoms with E-state index in [9.17, 15) is 0 Å². The molecular weight excluding hydrogens is 174 g/mol. The van der Waals surface area contributed by atoms with Crippen LogP contribution in [0.5, 0.6) is 0 Å². The first-order valence-electron chi connectivity index (χ1n) is 6.06. The molecule has 0 heterocycles. The van der Waals surface area contributed by atoms with Crippen molar-refractivity contribution in [2.24, 2.45) is 0 Å². The summed E-state index contributed by atoms with van der Waals surface area (Å²) in [5.41, 5.74) is 0. The molecule has 0 aliphatic carbocycles. The molecular formula is C12H27NO. The highest BCUT2D eigenvalue weighted by molar-refractivity contribution is 4.56. The number of ether oxygens (including phenoxy) is 1. The van der Waals surface area contributed by atoms with Crippen molar-refractivity contribution in [2.75, 3.05) is 20.3 Å². The normalized spacial score (nSPS) is 13.1. The molecule has 0 aliphatic heterocycles. The Kier molecular flexibility index (Phi) is 10.9. The van der Waals surface area contributed by atoms with E-state index in [1.54, 1.807) is 0 Å². The Hall–Kier alpha value is -0.0800. The van der Waals surface area contributed by atoms with E-state index in [0.717, 1.165) is 13.2 Å². The second-order valence-electron chi connectivity index (χ2n) is 4.00. The maximum Gasteiger partial charge on any atom is 0.0466 e. The standard InChI is InChI=1S/C12H27NO/c1-4-5-7-10-14-11-8-6-9-12(2)13-3/h12-13H,4-11H2,1-3H3. The smallest absolute Gasteiger partial charge is 0.0466 e. The molecule has 0 aromatic heterocycles. The number of unbranched alkanes of at least 4 members (excludes halogenated alkanes) is 3. The molecule has 86 valence electrons. The molecule has 0 aromatic carbocycles. The summed E-state index contributed by atoms with van der Waals surface area (Å²) in [6, 6.07) is 0.648. The van der Waals surface area contributed by atoms with Crippen LogP contribution >= 0.6 is 0 Å². The summed E-state index contributed by atoms with van der Waals surface area (Å²) in [4.78, 5) is 0. The summed E-state index contributed by atoms with van der Waals surface area (Å²) in [6.45, 7) is 6.34. The third-order valence-electron chi connectivity index (χ3n) is 2.56. The Bertz CT molecular complexity index is 106. The lowest BCUT2D eigenvalue weighted by atomic mass is 10.1. The first-order valence-corrected chi connectivity index (χ1v) is 6.06. The fourth-order valence-corrected chi connectivity index (χ4v) is 1.36. The van der Waals surface area contributed by atoms with Crippen molar-refractivity contribution in [3.63, 3.8) is 0 Å². The zero-order chi connectivity index (χ0) is 10.6. The van der Waals surface area contributed by atoms with E-state index in [0.29, 0.717) is 6.04 Å². The van der Waals surface area contributed by atoms with Gasteiger partial charge in [-0.25, -0.2) is 0 Å². The molecule has 0 aliphatic rings. The van der Waals surface area contributed by atoms with E-state index in [-0.39, 0.29) is 0 Å². The van der Waals surface area contributed by atoms with Gasteiger partial charge in [0.2, 0.25) is 0 Å². The number of hydrogen-bond donors (Lipinski definition) is 1. The topological polar surface area (TPSA) is 21.3 Å². The second-order valence-corrected chi connectivity index (χ2v) is 4.00. The third-order valence-corrected chi connectivity index (χ3v) is 2.56. The van der Waals surface area contributed by atoms with E-state index < -0.39 is 0 Å². The van der Waals surface area contributed by atoms with Crippen LogP contribution in [0.15, 0.2) is 0 Å². The molecule has 0 rings (SSSR count). The Labute approximate surface area is 89.4 Å². The predicted molar refractivity (Wildman–Crippen MR) is 62.7 cm³/mol. The molecule has 1 atom stereocenters. The summed E-state index contributed by atoms with van der Waals surface area (Å²) in [5.74, 6) is 0. The van der Waals surface area contributed by atoms with Gasteiger partial charge in [0.05, 0.1) is 0 Å². The average molecular weight is 201 g/mol. The van der Waals surface area contributed by atoms with Crippen LogP contribution in [0.25, 0.3) is 0 Å². The third kappa shape index (κ3) is 10.0. The molecule has 0 spiro atoms. The number of rotatable bonds is 10. The zero-order valence-corrected chi connectivity index (χ0v) is 10.1. The van der Waals surface area contributed by atoms with Gasteiger partial charge in [0.25, 0.3) is 0 Å². The van der Waals surface area contributed by atoms with Crippen molar-refractivity contribution in [1.29, 1.82) is 0 Å². The van der Waals surface area contributed by atoms with E-state index in [1.165, 1.54) is 38.5 Å². The summed E-state index contributed by atoms with van der Waals surface area (Å²) in [6.07, 6.45) is 7.55. The molecule has 0 aromatic rings. The fraction of sp³-hybridized carbons (Fsp3) is 1.00. The lowest BCUT2D eigenvalue weighted by molar-refractivity contribution is 0.125. The van der Waals surface area contributed by atoms with Crippen LogP contribution in [0, 0.1) is 0 Å². The van der Waals surface area contributed by atoms with Crippen LogP contribution in [0.1, 0.15) is 52.4 Å². The maximum atomic E-state index is 5.53. The van der Waals surface area contributed by atoms with E-state index in [1.807, 2.05) is 7.05 Å². The van der Waals surface area contributed by atoms with Gasteiger partial charge in [-0.15, -0.1) is 0 Å². The van der Waals surface area contributed by atoms with E-state index in [2.05, 4.69) is 19.2 Å². The SMILES string of the molecule is CCCCCOCCCCC(C)NC. The summed E-state index contributed by atoms with van der Waals surface area (Å²) in [7, 11) is 2.02. The van der Waals surface area contributed by atoms with Gasteiger partial charge in [0.1, 0.15) is 0 Å². The van der Waals surface area contributed by atoms with Crippen LogP contribution in [-0.4, -0.2) is 26.3 Å². The van der Waals surface area contributed by atoms with Crippen molar-refractivity contribution in [1.82, 2.24) is 5.32 Å². The van der Waals surface area contributed by atoms with Crippen LogP contribution in [-0.2, 0) is 4.74 Å². The Morgan fingerprint density at radius 3 is 2.29 bits per heavy atom. The Morgan fingerprint density at radius 2 is 1.71 bits per heavy atom.